The average molecular weight is 652 g/mol. The highest BCUT2D eigenvalue weighted by molar-refractivity contribution is 6.42. The van der Waals surface area contributed by atoms with Crippen molar-refractivity contribution in [2.24, 2.45) is 7.05 Å². The van der Waals surface area contributed by atoms with Crippen LogP contribution in [0.25, 0.3) is 22.2 Å². The van der Waals surface area contributed by atoms with Crippen molar-refractivity contribution in [1.29, 1.82) is 5.26 Å². The van der Waals surface area contributed by atoms with Gasteiger partial charge in [0.2, 0.25) is 11.8 Å². The van der Waals surface area contributed by atoms with Crippen molar-refractivity contribution >= 4 is 57.4 Å². The predicted molar refractivity (Wildman–Crippen MR) is 173 cm³/mol. The molecule has 232 valence electrons. The topological polar surface area (TPSA) is 112 Å². The smallest absolute Gasteiger partial charge is 0.255 e. The number of nitrogens with one attached hydrogen (secondary N) is 3. The molecule has 1 aliphatic rings. The molecule has 1 aliphatic carbocycles. The second-order valence-electron chi connectivity index (χ2n) is 11.0. The van der Waals surface area contributed by atoms with Gasteiger partial charge in [-0.05, 0) is 61.7 Å². The Morgan fingerprint density at radius 3 is 2.62 bits per heavy atom. The van der Waals surface area contributed by atoms with Gasteiger partial charge >= 0.3 is 0 Å². The molecule has 1 heterocycles. The Bertz CT molecular complexity index is 1850. The Morgan fingerprint density at radius 1 is 1.13 bits per heavy atom. The Labute approximate surface area is 269 Å². The third-order valence-electron chi connectivity index (χ3n) is 7.87. The largest absolute Gasteiger partial charge is 0.331 e. The van der Waals surface area contributed by atoms with E-state index in [2.05, 4.69) is 20.9 Å². The number of benzene rings is 3. The summed E-state index contributed by atoms with van der Waals surface area (Å²) in [6.07, 6.45) is 3.39. The quantitative estimate of drug-likeness (QED) is 0.170. The lowest BCUT2D eigenvalue weighted by atomic mass is 9.92. The molecule has 0 unspecified atom stereocenters. The summed E-state index contributed by atoms with van der Waals surface area (Å²) < 4.78 is 28.5. The lowest BCUT2D eigenvalue weighted by molar-refractivity contribution is -0.111. The predicted octanol–water partition coefficient (Wildman–Crippen LogP) is 7.64. The first kappa shape index (κ1) is 32.1. The van der Waals surface area contributed by atoms with E-state index in [0.29, 0.717) is 51.8 Å². The van der Waals surface area contributed by atoms with E-state index in [4.69, 9.17) is 23.2 Å². The maximum atomic E-state index is 13.3. The van der Waals surface area contributed by atoms with Gasteiger partial charge in [-0.1, -0.05) is 41.4 Å². The first-order valence-corrected chi connectivity index (χ1v) is 15.1. The molecule has 0 aliphatic heterocycles. The Kier molecular flexibility index (Phi) is 9.53. The number of halogens is 4. The molecule has 8 nitrogen and oxygen atoms in total. The molecular formula is C33H30Cl2F2N6O2. The number of aryl methyl sites for hydroxylation is 2. The molecule has 0 radical (unpaired) electrons. The standard InChI is InChI=1S/C33H30Cl2F2N6O2/c1-19-40-31-27(43(19)2)17-25(34)29(30(31)35)20-5-3-6-24(16-20)41-32(45)21-8-9-26(22(15-21)18-38)42-28(44)7-4-14-39-23-10-12-33(36,37)13-11-23/h3-9,15-17,23,39H,10-14H2,1-2H3,(H,41,45)(H,42,44)/b7-4+. The lowest BCUT2D eigenvalue weighted by Crippen LogP contribution is -2.37. The minimum absolute atomic E-state index is 0.0143. The van der Waals surface area contributed by atoms with Crippen LogP contribution >= 0.6 is 23.2 Å². The van der Waals surface area contributed by atoms with Gasteiger partial charge in [-0.25, -0.2) is 13.8 Å². The van der Waals surface area contributed by atoms with Crippen LogP contribution in [0.2, 0.25) is 10.0 Å². The molecule has 0 bridgehead atoms. The molecule has 3 aromatic carbocycles. The summed E-state index contributed by atoms with van der Waals surface area (Å²) in [7, 11) is 1.88. The van der Waals surface area contributed by atoms with Gasteiger partial charge in [0.05, 0.1) is 26.8 Å². The van der Waals surface area contributed by atoms with Crippen LogP contribution in [0.5, 0.6) is 0 Å². The van der Waals surface area contributed by atoms with Gasteiger partial charge in [0.1, 0.15) is 17.4 Å². The van der Waals surface area contributed by atoms with Crippen molar-refractivity contribution < 1.29 is 18.4 Å². The van der Waals surface area contributed by atoms with Crippen LogP contribution in [0.15, 0.2) is 60.7 Å². The van der Waals surface area contributed by atoms with Gasteiger partial charge in [-0.15, -0.1) is 0 Å². The average Bonchev–Trinajstić information content (AvgIpc) is 3.29. The van der Waals surface area contributed by atoms with Crippen LogP contribution < -0.4 is 16.0 Å². The van der Waals surface area contributed by atoms with E-state index in [1.165, 1.54) is 24.3 Å². The molecule has 1 fully saturated rings. The summed E-state index contributed by atoms with van der Waals surface area (Å²) >= 11 is 13.4. The first-order chi connectivity index (χ1) is 21.5. The number of nitriles is 1. The minimum Gasteiger partial charge on any atom is -0.331 e. The van der Waals surface area contributed by atoms with Gasteiger partial charge in [0.25, 0.3) is 5.91 Å². The summed E-state index contributed by atoms with van der Waals surface area (Å²) in [5, 5.41) is 19.2. The molecule has 1 saturated carbocycles. The van der Waals surface area contributed by atoms with Crippen molar-refractivity contribution in [3.8, 4) is 17.2 Å². The Balaban J connectivity index is 1.23. The van der Waals surface area contributed by atoms with E-state index in [1.807, 2.05) is 36.7 Å². The molecule has 5 rings (SSSR count). The van der Waals surface area contributed by atoms with E-state index in [9.17, 15) is 23.6 Å². The van der Waals surface area contributed by atoms with Crippen LogP contribution in [0.3, 0.4) is 0 Å². The number of nitrogens with zero attached hydrogens (tertiary/aromatic N) is 3. The number of hydrogen-bond donors (Lipinski definition) is 3. The fraction of sp³-hybridized carbons (Fsp3) is 0.273. The summed E-state index contributed by atoms with van der Waals surface area (Å²) in [4.78, 5) is 30.1. The number of fused-ring (bicyclic) bond motifs is 1. The van der Waals surface area contributed by atoms with Crippen molar-refractivity contribution in [2.45, 2.75) is 44.6 Å². The summed E-state index contributed by atoms with van der Waals surface area (Å²) in [6.45, 7) is 2.23. The van der Waals surface area contributed by atoms with Crippen LogP contribution in [-0.2, 0) is 11.8 Å². The molecule has 12 heteroatoms. The lowest BCUT2D eigenvalue weighted by Gasteiger charge is -2.28. The SMILES string of the molecule is Cc1nc2c(Cl)c(-c3cccc(NC(=O)c4ccc(NC(=O)/C=C/CNC5CCC(F)(F)CC5)c(C#N)c4)c3)c(Cl)cc2n1C. The van der Waals surface area contributed by atoms with Gasteiger partial charge in [0.15, 0.2) is 0 Å². The third kappa shape index (κ3) is 7.34. The number of rotatable bonds is 8. The van der Waals surface area contributed by atoms with Crippen LogP contribution in [0.4, 0.5) is 20.2 Å². The molecule has 45 heavy (non-hydrogen) atoms. The Hall–Kier alpha value is -4.30. The summed E-state index contributed by atoms with van der Waals surface area (Å²) in [6, 6.07) is 15.3. The maximum absolute atomic E-state index is 13.3. The van der Waals surface area contributed by atoms with E-state index in [0.717, 1.165) is 11.3 Å². The van der Waals surface area contributed by atoms with Crippen molar-refractivity contribution in [1.82, 2.24) is 14.9 Å². The number of anilines is 2. The van der Waals surface area contributed by atoms with Crippen LogP contribution in [0.1, 0.15) is 47.4 Å². The highest BCUT2D eigenvalue weighted by Crippen LogP contribution is 2.40. The van der Waals surface area contributed by atoms with E-state index < -0.39 is 17.7 Å². The zero-order valence-corrected chi connectivity index (χ0v) is 26.1. The second-order valence-corrected chi connectivity index (χ2v) is 11.8. The number of carbonyl (C=O) groups excluding carboxylic acids is 2. The van der Waals surface area contributed by atoms with E-state index in [1.54, 1.807) is 24.3 Å². The van der Waals surface area contributed by atoms with Gasteiger partial charge in [0, 0.05) is 55.4 Å². The van der Waals surface area contributed by atoms with Crippen LogP contribution in [-0.4, -0.2) is 39.9 Å². The van der Waals surface area contributed by atoms with Crippen molar-refractivity contribution in [3.63, 3.8) is 0 Å². The maximum Gasteiger partial charge on any atom is 0.255 e. The first-order valence-electron chi connectivity index (χ1n) is 14.3. The van der Waals surface area contributed by atoms with Gasteiger partial charge in [-0.3, -0.25) is 9.59 Å². The molecular weight excluding hydrogens is 621 g/mol. The van der Waals surface area contributed by atoms with Gasteiger partial charge < -0.3 is 20.5 Å². The van der Waals surface area contributed by atoms with Crippen LogP contribution in [0, 0.1) is 18.3 Å². The fourth-order valence-electron chi connectivity index (χ4n) is 5.30. The molecule has 2 amide bonds. The second kappa shape index (κ2) is 13.4. The summed E-state index contributed by atoms with van der Waals surface area (Å²) in [5.74, 6) is -2.72. The number of amides is 2. The molecule has 0 saturated heterocycles. The third-order valence-corrected chi connectivity index (χ3v) is 8.54. The number of carbonyl (C=O) groups is 2. The highest BCUT2D eigenvalue weighted by atomic mass is 35.5. The molecule has 0 spiro atoms. The van der Waals surface area contributed by atoms with Gasteiger partial charge in [-0.2, -0.15) is 5.26 Å². The molecule has 1 aromatic heterocycles. The van der Waals surface area contributed by atoms with Crippen molar-refractivity contribution in [3.05, 3.63) is 87.7 Å². The minimum atomic E-state index is -2.59. The van der Waals surface area contributed by atoms with E-state index >= 15 is 0 Å². The highest BCUT2D eigenvalue weighted by Gasteiger charge is 2.34. The number of alkyl halides is 2. The normalized spacial score (nSPS) is 14.9. The monoisotopic (exact) mass is 650 g/mol. The van der Waals surface area contributed by atoms with E-state index in [-0.39, 0.29) is 35.7 Å². The fourth-order valence-corrected chi connectivity index (χ4v) is 6.00. The molecule has 4 aromatic rings. The zero-order chi connectivity index (χ0) is 32.3. The Morgan fingerprint density at radius 2 is 1.89 bits per heavy atom. The van der Waals surface area contributed by atoms with Crippen molar-refractivity contribution in [2.75, 3.05) is 17.2 Å². The molecule has 0 atom stereocenters. The number of aromatic nitrogens is 2. The zero-order valence-electron chi connectivity index (χ0n) is 24.6. The number of hydrogen-bond acceptors (Lipinski definition) is 5. The summed E-state index contributed by atoms with van der Waals surface area (Å²) in [5.41, 5.74) is 3.77. The number of imidazole rings is 1. The molecule has 3 N–H and O–H groups in total.